The van der Waals surface area contributed by atoms with Crippen molar-refractivity contribution in [3.8, 4) is 5.88 Å². The first-order chi connectivity index (χ1) is 10.6. The van der Waals surface area contributed by atoms with E-state index in [1.54, 1.807) is 6.92 Å². The van der Waals surface area contributed by atoms with Crippen LogP contribution in [-0.2, 0) is 0 Å². The number of anilines is 1. The highest BCUT2D eigenvalue weighted by atomic mass is 16.6. The molecule has 0 aromatic carbocycles. The van der Waals surface area contributed by atoms with E-state index >= 15 is 0 Å². The average Bonchev–Trinajstić information content (AvgIpc) is 2.34. The van der Waals surface area contributed by atoms with E-state index < -0.39 is 4.92 Å². The Morgan fingerprint density at radius 2 is 1.96 bits per heavy atom. The van der Waals surface area contributed by atoms with Gasteiger partial charge >= 0.3 is 5.69 Å². The predicted octanol–water partition coefficient (Wildman–Crippen LogP) is 2.50. The number of hydrogen-bond donors (Lipinski definition) is 2. The summed E-state index contributed by atoms with van der Waals surface area (Å²) < 4.78 is 5.26. The van der Waals surface area contributed by atoms with Gasteiger partial charge in [-0.25, -0.2) is 4.98 Å². The number of ether oxygens (including phenoxy) is 1. The molecule has 8 heteroatoms. The fourth-order valence-corrected chi connectivity index (χ4v) is 3.49. The maximum Gasteiger partial charge on any atom is 0.372 e. The van der Waals surface area contributed by atoms with Crippen molar-refractivity contribution in [2.24, 2.45) is 0 Å². The number of nitro groups is 1. The topological polar surface area (TPSA) is 102 Å². The lowest BCUT2D eigenvalue weighted by molar-refractivity contribution is -0.385. The second-order valence-corrected chi connectivity index (χ2v) is 7.21. The van der Waals surface area contributed by atoms with Gasteiger partial charge in [-0.2, -0.15) is 4.98 Å². The van der Waals surface area contributed by atoms with Crippen LogP contribution in [0, 0.1) is 10.1 Å². The van der Waals surface area contributed by atoms with Gasteiger partial charge in [0, 0.05) is 17.1 Å². The Morgan fingerprint density at radius 1 is 1.35 bits per heavy atom. The highest BCUT2D eigenvalue weighted by Crippen LogP contribution is 2.35. The van der Waals surface area contributed by atoms with Crippen LogP contribution in [0.4, 0.5) is 11.5 Å². The Bertz CT molecular complexity index is 572. The van der Waals surface area contributed by atoms with Crippen LogP contribution < -0.4 is 15.4 Å². The molecule has 0 spiro atoms. The smallest absolute Gasteiger partial charge is 0.372 e. The largest absolute Gasteiger partial charge is 0.473 e. The van der Waals surface area contributed by atoms with Crippen molar-refractivity contribution in [1.82, 2.24) is 15.3 Å². The molecule has 2 rings (SSSR count). The lowest BCUT2D eigenvalue weighted by atomic mass is 9.79. The molecule has 0 radical (unpaired) electrons. The van der Waals surface area contributed by atoms with Crippen LogP contribution >= 0.6 is 0 Å². The molecule has 23 heavy (non-hydrogen) atoms. The van der Waals surface area contributed by atoms with E-state index in [9.17, 15) is 10.1 Å². The SMILES string of the molecule is CCOc1ncnc(NC2CC(C)(C)NC(C)(C)C2)c1[N+](=O)[O-]. The Morgan fingerprint density at radius 3 is 2.48 bits per heavy atom. The molecule has 0 unspecified atom stereocenters. The molecule has 0 amide bonds. The lowest BCUT2D eigenvalue weighted by Crippen LogP contribution is -2.60. The molecule has 1 aromatic rings. The van der Waals surface area contributed by atoms with Gasteiger partial charge in [0.2, 0.25) is 5.82 Å². The van der Waals surface area contributed by atoms with E-state index in [0.717, 1.165) is 12.8 Å². The van der Waals surface area contributed by atoms with E-state index in [1.165, 1.54) is 6.33 Å². The van der Waals surface area contributed by atoms with Crippen LogP contribution in [-0.4, -0.2) is 38.6 Å². The summed E-state index contributed by atoms with van der Waals surface area (Å²) in [5.41, 5.74) is -0.336. The van der Waals surface area contributed by atoms with E-state index in [-0.39, 0.29) is 34.5 Å². The standard InChI is InChI=1S/C15H25N5O3/c1-6-23-13-11(20(21)22)12(16-9-17-13)18-10-7-14(2,3)19-15(4,5)8-10/h9-10,19H,6-8H2,1-5H3,(H,16,17,18). The summed E-state index contributed by atoms with van der Waals surface area (Å²) in [6, 6.07) is 0.0735. The number of aromatic nitrogens is 2. The first-order valence-electron chi connectivity index (χ1n) is 7.81. The zero-order valence-corrected chi connectivity index (χ0v) is 14.3. The van der Waals surface area contributed by atoms with Crippen molar-refractivity contribution in [2.75, 3.05) is 11.9 Å². The Labute approximate surface area is 136 Å². The summed E-state index contributed by atoms with van der Waals surface area (Å²) >= 11 is 0. The molecule has 1 aliphatic heterocycles. The van der Waals surface area contributed by atoms with Crippen LogP contribution in [0.25, 0.3) is 0 Å². The maximum absolute atomic E-state index is 11.4. The third-order valence-corrected chi connectivity index (χ3v) is 3.78. The van der Waals surface area contributed by atoms with Gasteiger partial charge < -0.3 is 15.4 Å². The summed E-state index contributed by atoms with van der Waals surface area (Å²) in [6.07, 6.45) is 2.96. The van der Waals surface area contributed by atoms with E-state index in [4.69, 9.17) is 4.74 Å². The average molecular weight is 323 g/mol. The third kappa shape index (κ3) is 4.28. The summed E-state index contributed by atoms with van der Waals surface area (Å²) in [6.45, 7) is 10.6. The number of hydrogen-bond acceptors (Lipinski definition) is 7. The second kappa shape index (κ2) is 6.27. The molecular weight excluding hydrogens is 298 g/mol. The Balaban J connectivity index is 2.29. The zero-order valence-electron chi connectivity index (χ0n) is 14.3. The van der Waals surface area contributed by atoms with Crippen LogP contribution in [0.5, 0.6) is 5.88 Å². The Kier molecular flexibility index (Phi) is 4.74. The van der Waals surface area contributed by atoms with Crippen LogP contribution in [0.3, 0.4) is 0 Å². The van der Waals surface area contributed by atoms with Gasteiger partial charge in [0.25, 0.3) is 5.88 Å². The molecule has 128 valence electrons. The van der Waals surface area contributed by atoms with Crippen molar-refractivity contribution >= 4 is 11.5 Å². The van der Waals surface area contributed by atoms with Crippen molar-refractivity contribution < 1.29 is 9.66 Å². The maximum atomic E-state index is 11.4. The van der Waals surface area contributed by atoms with Crippen molar-refractivity contribution in [3.63, 3.8) is 0 Å². The minimum absolute atomic E-state index is 0.00227. The molecule has 0 atom stereocenters. The van der Waals surface area contributed by atoms with Crippen LogP contribution in [0.15, 0.2) is 6.33 Å². The first-order valence-corrected chi connectivity index (χ1v) is 7.81. The van der Waals surface area contributed by atoms with Gasteiger partial charge in [-0.15, -0.1) is 0 Å². The van der Waals surface area contributed by atoms with E-state index in [1.807, 2.05) is 0 Å². The number of nitrogens with zero attached hydrogens (tertiary/aromatic N) is 3. The van der Waals surface area contributed by atoms with Crippen molar-refractivity contribution in [2.45, 2.75) is 64.6 Å². The monoisotopic (exact) mass is 323 g/mol. The molecule has 0 bridgehead atoms. The third-order valence-electron chi connectivity index (χ3n) is 3.78. The molecule has 1 saturated heterocycles. The molecule has 0 saturated carbocycles. The van der Waals surface area contributed by atoms with E-state index in [2.05, 4.69) is 48.3 Å². The molecular formula is C15H25N5O3. The number of rotatable bonds is 5. The van der Waals surface area contributed by atoms with Gasteiger partial charge in [0.05, 0.1) is 11.5 Å². The molecule has 2 N–H and O–H groups in total. The molecule has 0 aliphatic carbocycles. The minimum Gasteiger partial charge on any atom is -0.473 e. The molecule has 1 aromatic heterocycles. The fourth-order valence-electron chi connectivity index (χ4n) is 3.49. The summed E-state index contributed by atoms with van der Waals surface area (Å²) in [5, 5.41) is 18.2. The fraction of sp³-hybridized carbons (Fsp3) is 0.733. The highest BCUT2D eigenvalue weighted by Gasteiger charge is 2.38. The summed E-state index contributed by atoms with van der Waals surface area (Å²) in [4.78, 5) is 18.9. The van der Waals surface area contributed by atoms with Crippen molar-refractivity contribution in [1.29, 1.82) is 0 Å². The normalized spacial score (nSPS) is 20.0. The second-order valence-electron chi connectivity index (χ2n) is 7.21. The molecule has 8 nitrogen and oxygen atoms in total. The van der Waals surface area contributed by atoms with Crippen LogP contribution in [0.1, 0.15) is 47.5 Å². The zero-order chi connectivity index (χ0) is 17.3. The highest BCUT2D eigenvalue weighted by molar-refractivity contribution is 5.61. The lowest BCUT2D eigenvalue weighted by Gasteiger charge is -2.46. The van der Waals surface area contributed by atoms with Crippen LogP contribution in [0.2, 0.25) is 0 Å². The molecule has 2 heterocycles. The van der Waals surface area contributed by atoms with Gasteiger partial charge in [0.15, 0.2) is 0 Å². The number of nitrogens with one attached hydrogen (secondary N) is 2. The Hall–Kier alpha value is -1.96. The quantitative estimate of drug-likeness (QED) is 0.634. The number of piperidine rings is 1. The van der Waals surface area contributed by atoms with Crippen molar-refractivity contribution in [3.05, 3.63) is 16.4 Å². The predicted molar refractivity (Wildman–Crippen MR) is 87.8 cm³/mol. The van der Waals surface area contributed by atoms with Gasteiger partial charge in [0.1, 0.15) is 6.33 Å². The minimum atomic E-state index is -0.495. The molecule has 1 aliphatic rings. The summed E-state index contributed by atoms with van der Waals surface area (Å²) in [5.74, 6) is 0.217. The van der Waals surface area contributed by atoms with E-state index in [0.29, 0.717) is 6.61 Å². The van der Waals surface area contributed by atoms with Gasteiger partial charge in [-0.05, 0) is 47.5 Å². The summed E-state index contributed by atoms with van der Waals surface area (Å²) in [7, 11) is 0. The van der Waals surface area contributed by atoms with Gasteiger partial charge in [-0.3, -0.25) is 10.1 Å². The van der Waals surface area contributed by atoms with Gasteiger partial charge in [-0.1, -0.05) is 0 Å². The first kappa shape index (κ1) is 17.4. The molecule has 1 fully saturated rings.